The van der Waals surface area contributed by atoms with Crippen LogP contribution in [0, 0.1) is 12.8 Å². The molecule has 0 aliphatic heterocycles. The van der Waals surface area contributed by atoms with E-state index in [9.17, 15) is 9.59 Å². The van der Waals surface area contributed by atoms with Gasteiger partial charge >= 0.3 is 6.09 Å². The van der Waals surface area contributed by atoms with Gasteiger partial charge in [-0.25, -0.2) is 9.78 Å². The van der Waals surface area contributed by atoms with Gasteiger partial charge in [0.15, 0.2) is 5.82 Å². The van der Waals surface area contributed by atoms with E-state index in [0.29, 0.717) is 23.4 Å². The van der Waals surface area contributed by atoms with Crippen LogP contribution in [-0.4, -0.2) is 39.3 Å². The van der Waals surface area contributed by atoms with Gasteiger partial charge in [-0.1, -0.05) is 0 Å². The minimum atomic E-state index is -0.325. The van der Waals surface area contributed by atoms with Gasteiger partial charge in [0.2, 0.25) is 11.8 Å². The number of alkyl carbamates (subject to hydrolysis) is 1. The van der Waals surface area contributed by atoms with Crippen LogP contribution in [0.1, 0.15) is 62.3 Å². The van der Waals surface area contributed by atoms with Crippen LogP contribution in [0.25, 0.3) is 0 Å². The molecule has 2 aliphatic carbocycles. The minimum absolute atomic E-state index is 0.0593. The van der Waals surface area contributed by atoms with Crippen molar-refractivity contribution in [2.24, 2.45) is 5.92 Å². The number of H-pyrrole nitrogens is 1. The Labute approximate surface area is 169 Å². The van der Waals surface area contributed by atoms with Gasteiger partial charge < -0.3 is 19.8 Å². The Kier molecular flexibility index (Phi) is 5.55. The Balaban J connectivity index is 1.24. The SMILES string of the molecule is Cc1cnc(CC(=O)Nc2cc([C@H]3CC[C@@H](OC(=O)NC(C)C4CC4)C3)[nH]n2)o1. The lowest BCUT2D eigenvalue weighted by molar-refractivity contribution is -0.115. The number of aromatic nitrogens is 3. The summed E-state index contributed by atoms with van der Waals surface area (Å²) in [6, 6.07) is 2.01. The van der Waals surface area contributed by atoms with Crippen LogP contribution >= 0.6 is 0 Å². The highest BCUT2D eigenvalue weighted by atomic mass is 16.6. The van der Waals surface area contributed by atoms with Crippen LogP contribution < -0.4 is 10.6 Å². The van der Waals surface area contributed by atoms with Gasteiger partial charge in [-0.3, -0.25) is 9.89 Å². The van der Waals surface area contributed by atoms with Crippen molar-refractivity contribution in [1.82, 2.24) is 20.5 Å². The number of carbonyl (C=O) groups is 2. The first kappa shape index (κ1) is 19.5. The van der Waals surface area contributed by atoms with E-state index in [1.165, 1.54) is 12.8 Å². The van der Waals surface area contributed by atoms with E-state index < -0.39 is 0 Å². The molecular formula is C20H27N5O4. The standard InChI is InChI=1S/C20H27N5O4/c1-11-10-21-19(28-11)9-18(26)23-17-8-16(24-25-17)14-5-6-15(7-14)29-20(27)22-12(2)13-3-4-13/h8,10,12-15H,3-7,9H2,1-2H3,(H,22,27)(H2,23,24,25,26)/t12?,14-,15+/m0/s1. The Bertz CT molecular complexity index is 872. The fraction of sp³-hybridized carbons (Fsp3) is 0.600. The molecule has 2 aromatic rings. The number of oxazole rings is 1. The summed E-state index contributed by atoms with van der Waals surface area (Å²) in [7, 11) is 0. The normalized spacial score (nSPS) is 22.3. The predicted molar refractivity (Wildman–Crippen MR) is 104 cm³/mol. The zero-order valence-corrected chi connectivity index (χ0v) is 16.7. The summed E-state index contributed by atoms with van der Waals surface area (Å²) in [5, 5.41) is 12.8. The van der Waals surface area contributed by atoms with Gasteiger partial charge in [-0.2, -0.15) is 5.10 Å². The molecule has 1 unspecified atom stereocenters. The van der Waals surface area contributed by atoms with Gasteiger partial charge in [0.05, 0.1) is 6.20 Å². The van der Waals surface area contributed by atoms with Gasteiger partial charge in [0.1, 0.15) is 18.3 Å². The van der Waals surface area contributed by atoms with Crippen molar-refractivity contribution in [1.29, 1.82) is 0 Å². The average molecular weight is 401 g/mol. The zero-order valence-electron chi connectivity index (χ0n) is 16.7. The highest BCUT2D eigenvalue weighted by Crippen LogP contribution is 2.36. The summed E-state index contributed by atoms with van der Waals surface area (Å²) in [6.07, 6.45) is 6.06. The number of aryl methyl sites for hydroxylation is 1. The molecule has 9 nitrogen and oxygen atoms in total. The van der Waals surface area contributed by atoms with Crippen molar-refractivity contribution in [3.05, 3.63) is 29.6 Å². The van der Waals surface area contributed by atoms with E-state index in [1.54, 1.807) is 13.1 Å². The summed E-state index contributed by atoms with van der Waals surface area (Å²) in [5.41, 5.74) is 0.935. The number of hydrogen-bond donors (Lipinski definition) is 3. The third-order valence-electron chi connectivity index (χ3n) is 5.62. The lowest BCUT2D eigenvalue weighted by atomic mass is 10.0. The van der Waals surface area contributed by atoms with Crippen molar-refractivity contribution < 1.29 is 18.7 Å². The maximum Gasteiger partial charge on any atom is 0.407 e. The molecule has 2 fully saturated rings. The van der Waals surface area contributed by atoms with Gasteiger partial charge in [0.25, 0.3) is 0 Å². The third kappa shape index (κ3) is 5.16. The van der Waals surface area contributed by atoms with E-state index in [1.807, 2.05) is 13.0 Å². The van der Waals surface area contributed by atoms with Crippen molar-refractivity contribution in [3.63, 3.8) is 0 Å². The van der Waals surface area contributed by atoms with Crippen LogP contribution in [0.5, 0.6) is 0 Å². The van der Waals surface area contributed by atoms with Crippen molar-refractivity contribution in [3.8, 4) is 0 Å². The summed E-state index contributed by atoms with van der Waals surface area (Å²) in [5.74, 6) is 2.10. The maximum absolute atomic E-state index is 12.1. The average Bonchev–Trinajstić information content (AvgIpc) is 3.02. The van der Waals surface area contributed by atoms with Crippen molar-refractivity contribution in [2.45, 2.75) is 70.4 Å². The number of ether oxygens (including phenoxy) is 1. The molecule has 0 radical (unpaired) electrons. The Morgan fingerprint density at radius 1 is 1.34 bits per heavy atom. The van der Waals surface area contributed by atoms with E-state index in [-0.39, 0.29) is 36.5 Å². The second kappa shape index (κ2) is 8.26. The number of nitrogens with one attached hydrogen (secondary N) is 3. The second-order valence-electron chi connectivity index (χ2n) is 8.11. The van der Waals surface area contributed by atoms with Crippen LogP contribution in [0.3, 0.4) is 0 Å². The van der Waals surface area contributed by atoms with Crippen molar-refractivity contribution >= 4 is 17.8 Å². The smallest absolute Gasteiger partial charge is 0.407 e. The highest BCUT2D eigenvalue weighted by Gasteiger charge is 2.32. The molecule has 0 saturated heterocycles. The number of anilines is 1. The molecule has 4 rings (SSSR count). The molecular weight excluding hydrogens is 374 g/mol. The van der Waals surface area contributed by atoms with E-state index in [0.717, 1.165) is 25.0 Å². The number of rotatable bonds is 7. The maximum atomic E-state index is 12.1. The Hall–Kier alpha value is -2.84. The predicted octanol–water partition coefficient (Wildman–Crippen LogP) is 3.05. The molecule has 156 valence electrons. The number of hydrogen-bond acceptors (Lipinski definition) is 6. The van der Waals surface area contributed by atoms with Crippen molar-refractivity contribution in [2.75, 3.05) is 5.32 Å². The van der Waals surface area contributed by atoms with Crippen LogP contribution in [-0.2, 0) is 16.0 Å². The molecule has 0 aromatic carbocycles. The monoisotopic (exact) mass is 401 g/mol. The lowest BCUT2D eigenvalue weighted by Gasteiger charge is -2.16. The summed E-state index contributed by atoms with van der Waals surface area (Å²) >= 11 is 0. The zero-order chi connectivity index (χ0) is 20.4. The summed E-state index contributed by atoms with van der Waals surface area (Å²) in [4.78, 5) is 28.2. The van der Waals surface area contributed by atoms with E-state index >= 15 is 0 Å². The molecule has 3 N–H and O–H groups in total. The Morgan fingerprint density at radius 2 is 2.17 bits per heavy atom. The van der Waals surface area contributed by atoms with Crippen LogP contribution in [0.15, 0.2) is 16.7 Å². The summed E-state index contributed by atoms with van der Waals surface area (Å²) < 4.78 is 10.9. The highest BCUT2D eigenvalue weighted by molar-refractivity contribution is 5.90. The molecule has 29 heavy (non-hydrogen) atoms. The molecule has 2 saturated carbocycles. The molecule has 3 atom stereocenters. The van der Waals surface area contributed by atoms with Crippen LogP contribution in [0.2, 0.25) is 0 Å². The van der Waals surface area contributed by atoms with E-state index in [2.05, 4.69) is 25.8 Å². The first-order chi connectivity index (χ1) is 14.0. The van der Waals surface area contributed by atoms with Gasteiger partial charge in [0, 0.05) is 23.7 Å². The molecule has 2 aliphatic rings. The minimum Gasteiger partial charge on any atom is -0.446 e. The fourth-order valence-corrected chi connectivity index (χ4v) is 3.83. The third-order valence-corrected chi connectivity index (χ3v) is 5.62. The topological polar surface area (TPSA) is 122 Å². The molecule has 0 bridgehead atoms. The molecule has 9 heteroatoms. The number of carbonyl (C=O) groups excluding carboxylic acids is 2. The lowest BCUT2D eigenvalue weighted by Crippen LogP contribution is -2.36. The molecule has 2 amide bonds. The van der Waals surface area contributed by atoms with Gasteiger partial charge in [-0.05, 0) is 51.9 Å². The first-order valence-corrected chi connectivity index (χ1v) is 10.2. The first-order valence-electron chi connectivity index (χ1n) is 10.2. The second-order valence-corrected chi connectivity index (χ2v) is 8.11. The number of nitrogens with zero attached hydrogens (tertiary/aromatic N) is 2. The molecule has 2 heterocycles. The quantitative estimate of drug-likeness (QED) is 0.655. The summed E-state index contributed by atoms with van der Waals surface area (Å²) in [6.45, 7) is 3.81. The Morgan fingerprint density at radius 3 is 2.90 bits per heavy atom. The number of amides is 2. The van der Waals surface area contributed by atoms with Gasteiger partial charge in [-0.15, -0.1) is 0 Å². The van der Waals surface area contributed by atoms with E-state index in [4.69, 9.17) is 9.15 Å². The van der Waals surface area contributed by atoms with Crippen LogP contribution in [0.4, 0.5) is 10.6 Å². The number of aromatic amines is 1. The molecule has 0 spiro atoms. The largest absolute Gasteiger partial charge is 0.446 e. The fourth-order valence-electron chi connectivity index (χ4n) is 3.83. The molecule has 2 aromatic heterocycles.